The van der Waals surface area contributed by atoms with Crippen LogP contribution in [0.5, 0.6) is 11.6 Å². The topological polar surface area (TPSA) is 51.2 Å². The predicted molar refractivity (Wildman–Crippen MR) is 65.1 cm³/mol. The van der Waals surface area contributed by atoms with E-state index in [-0.39, 0.29) is 5.91 Å². The van der Waals surface area contributed by atoms with Crippen LogP contribution in [0.3, 0.4) is 0 Å². The molecule has 1 heterocycles. The molecule has 0 aliphatic rings. The second-order valence-electron chi connectivity index (χ2n) is 3.48. The van der Waals surface area contributed by atoms with Crippen LogP contribution in [0.1, 0.15) is 6.92 Å². The average Bonchev–Trinajstić information content (AvgIpc) is 2.30. The number of amides is 1. The van der Waals surface area contributed by atoms with Crippen LogP contribution in [0.25, 0.3) is 0 Å². The zero-order valence-electron chi connectivity index (χ0n) is 9.38. The normalized spacial score (nSPS) is 9.71. The molecule has 1 aromatic heterocycles. The highest BCUT2D eigenvalue weighted by Gasteiger charge is 2.01. The van der Waals surface area contributed by atoms with Gasteiger partial charge in [-0.05, 0) is 18.2 Å². The molecule has 0 fully saturated rings. The first-order valence-electron chi connectivity index (χ1n) is 5.20. The Morgan fingerprint density at radius 1 is 1.24 bits per heavy atom. The fourth-order valence-corrected chi connectivity index (χ4v) is 1.36. The first-order valence-corrected chi connectivity index (χ1v) is 5.20. The van der Waals surface area contributed by atoms with Gasteiger partial charge in [0.15, 0.2) is 0 Å². The zero-order valence-corrected chi connectivity index (χ0v) is 9.38. The maximum atomic E-state index is 10.9. The highest BCUT2D eigenvalue weighted by molar-refractivity contribution is 5.88. The molecule has 0 bridgehead atoms. The van der Waals surface area contributed by atoms with Gasteiger partial charge in [0, 0.05) is 24.9 Å². The van der Waals surface area contributed by atoms with Crippen molar-refractivity contribution in [3.8, 4) is 11.6 Å². The molecule has 86 valence electrons. The molecule has 4 heteroatoms. The summed E-state index contributed by atoms with van der Waals surface area (Å²) in [5, 5.41) is 2.67. The average molecular weight is 228 g/mol. The zero-order chi connectivity index (χ0) is 12.1. The number of aromatic nitrogens is 1. The van der Waals surface area contributed by atoms with E-state index in [1.165, 1.54) is 6.92 Å². The van der Waals surface area contributed by atoms with Crippen LogP contribution >= 0.6 is 0 Å². The third kappa shape index (κ3) is 3.31. The number of carbonyl (C=O) groups excluding carboxylic acids is 1. The Balaban J connectivity index is 2.14. The van der Waals surface area contributed by atoms with Crippen LogP contribution in [0.15, 0.2) is 48.7 Å². The molecule has 0 unspecified atom stereocenters. The Labute approximate surface area is 99.3 Å². The Morgan fingerprint density at radius 3 is 2.71 bits per heavy atom. The molecule has 0 aliphatic heterocycles. The monoisotopic (exact) mass is 228 g/mol. The van der Waals surface area contributed by atoms with Gasteiger partial charge in [-0.1, -0.05) is 18.2 Å². The maximum Gasteiger partial charge on any atom is 0.221 e. The van der Waals surface area contributed by atoms with Crippen molar-refractivity contribution in [2.45, 2.75) is 6.92 Å². The van der Waals surface area contributed by atoms with E-state index in [2.05, 4.69) is 10.3 Å². The molecule has 1 amide bonds. The van der Waals surface area contributed by atoms with Crippen molar-refractivity contribution in [2.24, 2.45) is 0 Å². The van der Waals surface area contributed by atoms with Crippen LogP contribution in [0.4, 0.5) is 5.69 Å². The fourth-order valence-electron chi connectivity index (χ4n) is 1.36. The van der Waals surface area contributed by atoms with E-state index in [0.717, 1.165) is 0 Å². The lowest BCUT2D eigenvalue weighted by Gasteiger charge is -2.06. The predicted octanol–water partition coefficient (Wildman–Crippen LogP) is 2.83. The SMILES string of the molecule is CC(=O)Nc1ccnc(Oc2ccccc2)c1. The third-order valence-electron chi connectivity index (χ3n) is 2.02. The van der Waals surface area contributed by atoms with Crippen molar-refractivity contribution in [3.63, 3.8) is 0 Å². The van der Waals surface area contributed by atoms with E-state index >= 15 is 0 Å². The summed E-state index contributed by atoms with van der Waals surface area (Å²) in [4.78, 5) is 15.0. The van der Waals surface area contributed by atoms with E-state index in [1.54, 1.807) is 18.3 Å². The van der Waals surface area contributed by atoms with Crippen molar-refractivity contribution in [1.29, 1.82) is 0 Å². The molecule has 0 aliphatic carbocycles. The molecule has 2 aromatic rings. The van der Waals surface area contributed by atoms with Crippen LogP contribution < -0.4 is 10.1 Å². The highest BCUT2D eigenvalue weighted by Crippen LogP contribution is 2.21. The third-order valence-corrected chi connectivity index (χ3v) is 2.02. The second-order valence-corrected chi connectivity index (χ2v) is 3.48. The standard InChI is InChI=1S/C13H12N2O2/c1-10(16)15-11-7-8-14-13(9-11)17-12-5-3-2-4-6-12/h2-9H,1H3,(H,14,15,16). The maximum absolute atomic E-state index is 10.9. The molecule has 17 heavy (non-hydrogen) atoms. The molecular formula is C13H12N2O2. The van der Waals surface area contributed by atoms with Gasteiger partial charge in [0.05, 0.1) is 0 Å². The smallest absolute Gasteiger partial charge is 0.221 e. The van der Waals surface area contributed by atoms with Crippen LogP contribution in [-0.4, -0.2) is 10.9 Å². The fraction of sp³-hybridized carbons (Fsp3) is 0.0769. The van der Waals surface area contributed by atoms with Gasteiger partial charge in [-0.3, -0.25) is 4.79 Å². The largest absolute Gasteiger partial charge is 0.439 e. The molecular weight excluding hydrogens is 216 g/mol. The van der Waals surface area contributed by atoms with Crippen LogP contribution in [0, 0.1) is 0 Å². The summed E-state index contributed by atoms with van der Waals surface area (Å²) in [6.07, 6.45) is 1.59. The molecule has 4 nitrogen and oxygen atoms in total. The minimum atomic E-state index is -0.123. The number of hydrogen-bond donors (Lipinski definition) is 1. The summed E-state index contributed by atoms with van der Waals surface area (Å²) in [6, 6.07) is 12.7. The molecule has 0 atom stereocenters. The van der Waals surface area contributed by atoms with Crippen molar-refractivity contribution in [3.05, 3.63) is 48.7 Å². The van der Waals surface area contributed by atoms with Crippen LogP contribution in [-0.2, 0) is 4.79 Å². The van der Waals surface area contributed by atoms with E-state index in [0.29, 0.717) is 17.3 Å². The number of carbonyl (C=O) groups is 1. The molecule has 0 saturated heterocycles. The number of nitrogens with zero attached hydrogens (tertiary/aromatic N) is 1. The molecule has 1 N–H and O–H groups in total. The van der Waals surface area contributed by atoms with E-state index in [9.17, 15) is 4.79 Å². The van der Waals surface area contributed by atoms with Gasteiger partial charge in [-0.25, -0.2) is 4.98 Å². The Morgan fingerprint density at radius 2 is 2.00 bits per heavy atom. The lowest BCUT2D eigenvalue weighted by Crippen LogP contribution is -2.05. The minimum absolute atomic E-state index is 0.123. The number of hydrogen-bond acceptors (Lipinski definition) is 3. The number of pyridine rings is 1. The van der Waals surface area contributed by atoms with Gasteiger partial charge < -0.3 is 10.1 Å². The van der Waals surface area contributed by atoms with E-state index < -0.39 is 0 Å². The van der Waals surface area contributed by atoms with Crippen molar-refractivity contribution >= 4 is 11.6 Å². The van der Waals surface area contributed by atoms with Crippen LogP contribution in [0.2, 0.25) is 0 Å². The molecule has 0 saturated carbocycles. The number of rotatable bonds is 3. The quantitative estimate of drug-likeness (QED) is 0.878. The molecule has 0 spiro atoms. The summed E-state index contributed by atoms with van der Waals surface area (Å²) < 4.78 is 5.54. The summed E-state index contributed by atoms with van der Waals surface area (Å²) in [6.45, 7) is 1.46. The summed E-state index contributed by atoms with van der Waals surface area (Å²) in [5.74, 6) is 1.03. The molecule has 1 aromatic carbocycles. The number of ether oxygens (including phenoxy) is 1. The second kappa shape index (κ2) is 5.12. The van der Waals surface area contributed by atoms with Crippen molar-refractivity contribution < 1.29 is 9.53 Å². The summed E-state index contributed by atoms with van der Waals surface area (Å²) >= 11 is 0. The first-order chi connectivity index (χ1) is 8.24. The summed E-state index contributed by atoms with van der Waals surface area (Å²) in [5.41, 5.74) is 0.665. The first kappa shape index (κ1) is 11.1. The molecule has 0 radical (unpaired) electrons. The number of para-hydroxylation sites is 1. The van der Waals surface area contributed by atoms with Gasteiger partial charge in [-0.2, -0.15) is 0 Å². The number of anilines is 1. The van der Waals surface area contributed by atoms with Crippen molar-refractivity contribution in [1.82, 2.24) is 4.98 Å². The van der Waals surface area contributed by atoms with Gasteiger partial charge >= 0.3 is 0 Å². The van der Waals surface area contributed by atoms with Crippen molar-refractivity contribution in [2.75, 3.05) is 5.32 Å². The minimum Gasteiger partial charge on any atom is -0.439 e. The van der Waals surface area contributed by atoms with Gasteiger partial charge in [0.1, 0.15) is 5.75 Å². The lowest BCUT2D eigenvalue weighted by molar-refractivity contribution is -0.114. The summed E-state index contributed by atoms with van der Waals surface area (Å²) in [7, 11) is 0. The number of nitrogens with one attached hydrogen (secondary N) is 1. The van der Waals surface area contributed by atoms with Gasteiger partial charge in [0.2, 0.25) is 11.8 Å². The van der Waals surface area contributed by atoms with E-state index in [4.69, 9.17) is 4.74 Å². The Kier molecular flexibility index (Phi) is 3.35. The van der Waals surface area contributed by atoms with Gasteiger partial charge in [0.25, 0.3) is 0 Å². The highest BCUT2D eigenvalue weighted by atomic mass is 16.5. The number of benzene rings is 1. The Hall–Kier alpha value is -2.36. The Bertz CT molecular complexity index is 512. The lowest BCUT2D eigenvalue weighted by atomic mass is 10.3. The molecule has 2 rings (SSSR count). The van der Waals surface area contributed by atoms with E-state index in [1.807, 2.05) is 30.3 Å². The van der Waals surface area contributed by atoms with Gasteiger partial charge in [-0.15, -0.1) is 0 Å².